The third-order valence-electron chi connectivity index (χ3n) is 1.86. The van der Waals surface area contributed by atoms with E-state index in [0.717, 1.165) is 0 Å². The lowest BCUT2D eigenvalue weighted by molar-refractivity contribution is -0.112. The second-order valence-electron chi connectivity index (χ2n) is 3.08. The monoisotopic (exact) mass is 352 g/mol. The Morgan fingerprint density at radius 3 is 2.94 bits per heavy atom. The fourth-order valence-corrected chi connectivity index (χ4v) is 1.55. The Labute approximate surface area is 112 Å². The number of aliphatic hydroxyl groups is 1. The number of pyridine rings is 1. The van der Waals surface area contributed by atoms with Crippen molar-refractivity contribution in [3.05, 3.63) is 28.6 Å². The van der Waals surface area contributed by atoms with Gasteiger partial charge in [0.15, 0.2) is 5.78 Å². The van der Waals surface area contributed by atoms with E-state index in [1.54, 1.807) is 6.07 Å². The molecular formula is C10H10ClIN2O2. The van der Waals surface area contributed by atoms with Crippen LogP contribution in [-0.2, 0) is 11.4 Å². The van der Waals surface area contributed by atoms with Gasteiger partial charge in [0, 0.05) is 13.1 Å². The molecule has 0 unspecified atom stereocenters. The number of Topliss-reactive ketones (excluding diaryl/α,β-unsaturated/α-hetero) is 1. The quantitative estimate of drug-likeness (QED) is 0.496. The molecule has 16 heavy (non-hydrogen) atoms. The largest absolute Gasteiger partial charge is 0.392 e. The normalized spacial score (nSPS) is 11.4. The number of anilines is 1. The molecule has 0 fully saturated rings. The van der Waals surface area contributed by atoms with Gasteiger partial charge in [-0.25, -0.2) is 0 Å². The van der Waals surface area contributed by atoms with Crippen molar-refractivity contribution in [1.82, 2.24) is 4.98 Å². The van der Waals surface area contributed by atoms with Gasteiger partial charge in [0.05, 0.1) is 45.9 Å². The number of hydrogen-bond acceptors (Lipinski definition) is 4. The van der Waals surface area contributed by atoms with Gasteiger partial charge in [-0.15, -0.1) is 0 Å². The average molecular weight is 353 g/mol. The fourth-order valence-electron chi connectivity index (χ4n) is 1.02. The van der Waals surface area contributed by atoms with Gasteiger partial charge in [-0.05, 0) is 17.7 Å². The van der Waals surface area contributed by atoms with Crippen LogP contribution in [0.15, 0.2) is 17.3 Å². The zero-order valence-electron chi connectivity index (χ0n) is 8.50. The van der Waals surface area contributed by atoms with E-state index in [1.807, 2.05) is 22.9 Å². The van der Waals surface area contributed by atoms with Crippen molar-refractivity contribution in [1.29, 1.82) is 0 Å². The fraction of sp³-hybridized carbons (Fsp3) is 0.200. The summed E-state index contributed by atoms with van der Waals surface area (Å²) in [4.78, 5) is 15.1. The first-order chi connectivity index (χ1) is 7.58. The number of aromatic nitrogens is 1. The van der Waals surface area contributed by atoms with Crippen LogP contribution in [0.3, 0.4) is 0 Å². The lowest BCUT2D eigenvalue weighted by Gasteiger charge is -2.05. The number of nitrogens with one attached hydrogen (secondary N) is 1. The molecule has 2 N–H and O–H groups in total. The second-order valence-corrected chi connectivity index (χ2v) is 4.02. The Morgan fingerprint density at radius 2 is 2.44 bits per heavy atom. The summed E-state index contributed by atoms with van der Waals surface area (Å²) in [5, 5.41) is 9.08. The summed E-state index contributed by atoms with van der Waals surface area (Å²) in [7, 11) is 0. The molecule has 0 saturated heterocycles. The summed E-state index contributed by atoms with van der Waals surface area (Å²) in [5.74, 6) is -0.214. The van der Waals surface area contributed by atoms with Crippen molar-refractivity contribution in [3.63, 3.8) is 0 Å². The van der Waals surface area contributed by atoms with Crippen LogP contribution in [0.25, 0.3) is 6.08 Å². The molecule has 0 bridgehead atoms. The van der Waals surface area contributed by atoms with E-state index >= 15 is 0 Å². The molecule has 1 heterocycles. The third kappa shape index (κ3) is 3.43. The van der Waals surface area contributed by atoms with E-state index in [1.165, 1.54) is 19.2 Å². The molecular weight excluding hydrogens is 342 g/mol. The predicted molar refractivity (Wildman–Crippen MR) is 72.3 cm³/mol. The van der Waals surface area contributed by atoms with Gasteiger partial charge in [0.1, 0.15) is 0 Å². The molecule has 86 valence electrons. The van der Waals surface area contributed by atoms with Crippen LogP contribution >= 0.6 is 34.5 Å². The summed E-state index contributed by atoms with van der Waals surface area (Å²) >= 11 is 7.69. The van der Waals surface area contributed by atoms with Crippen molar-refractivity contribution in [3.8, 4) is 0 Å². The van der Waals surface area contributed by atoms with Gasteiger partial charge < -0.3 is 8.64 Å². The molecule has 0 aliphatic carbocycles. The van der Waals surface area contributed by atoms with Crippen LogP contribution in [0.4, 0.5) is 5.69 Å². The maximum Gasteiger partial charge on any atom is 0.171 e. The van der Waals surface area contributed by atoms with Gasteiger partial charge in [-0.2, -0.15) is 0 Å². The van der Waals surface area contributed by atoms with Crippen molar-refractivity contribution >= 4 is 52.0 Å². The molecule has 6 heteroatoms. The summed E-state index contributed by atoms with van der Waals surface area (Å²) in [5.41, 5.74) is 1.95. The van der Waals surface area contributed by atoms with Crippen LogP contribution < -0.4 is 3.53 Å². The van der Waals surface area contributed by atoms with E-state index in [2.05, 4.69) is 8.51 Å². The maximum atomic E-state index is 11.0. The summed E-state index contributed by atoms with van der Waals surface area (Å²) in [6.07, 6.45) is 3.03. The molecule has 0 aliphatic rings. The number of aliphatic hydroxyl groups excluding tert-OH is 1. The van der Waals surface area contributed by atoms with Crippen LogP contribution in [0.5, 0.6) is 0 Å². The highest BCUT2D eigenvalue weighted by Gasteiger charge is 2.05. The number of carbonyl (C=O) groups is 1. The van der Waals surface area contributed by atoms with Crippen molar-refractivity contribution in [2.75, 3.05) is 3.53 Å². The van der Waals surface area contributed by atoms with Crippen molar-refractivity contribution in [2.24, 2.45) is 0 Å². The summed E-state index contributed by atoms with van der Waals surface area (Å²) in [6, 6.07) is 1.75. The van der Waals surface area contributed by atoms with Gasteiger partial charge in [0.25, 0.3) is 0 Å². The minimum absolute atomic E-state index is 0.0806. The number of halogens is 2. The Morgan fingerprint density at radius 1 is 1.75 bits per heavy atom. The van der Waals surface area contributed by atoms with Gasteiger partial charge in [-0.1, -0.05) is 11.6 Å². The van der Waals surface area contributed by atoms with Crippen molar-refractivity contribution in [2.45, 2.75) is 13.5 Å². The van der Waals surface area contributed by atoms with Crippen molar-refractivity contribution < 1.29 is 9.90 Å². The standard InChI is InChI=1S/C10H10ClIN2O2/c1-6(16)8(11)3-9-10(14-12)2-7(5-15)4-13-9/h2-4,14-15H,5H2,1H3/b8-3+. The van der Waals surface area contributed by atoms with E-state index in [0.29, 0.717) is 16.9 Å². The number of ketones is 1. The molecule has 0 aliphatic heterocycles. The molecule has 0 amide bonds. The smallest absolute Gasteiger partial charge is 0.171 e. The molecule has 0 atom stereocenters. The molecule has 4 nitrogen and oxygen atoms in total. The predicted octanol–water partition coefficient (Wildman–Crippen LogP) is 2.50. The Hall–Kier alpha value is -0.660. The minimum atomic E-state index is -0.214. The first-order valence-corrected chi connectivity index (χ1v) is 5.88. The third-order valence-corrected chi connectivity index (χ3v) is 2.82. The second kappa shape index (κ2) is 6.17. The number of nitrogens with zero attached hydrogens (tertiary/aromatic N) is 1. The summed E-state index contributed by atoms with van der Waals surface area (Å²) in [6.45, 7) is 1.31. The molecule has 1 rings (SSSR count). The number of rotatable bonds is 4. The van der Waals surface area contributed by atoms with E-state index in [9.17, 15) is 4.79 Å². The van der Waals surface area contributed by atoms with Gasteiger partial charge >= 0.3 is 0 Å². The highest BCUT2D eigenvalue weighted by Crippen LogP contribution is 2.21. The zero-order chi connectivity index (χ0) is 12.1. The molecule has 0 saturated carbocycles. The highest BCUT2D eigenvalue weighted by molar-refractivity contribution is 14.1. The highest BCUT2D eigenvalue weighted by atomic mass is 127. The van der Waals surface area contributed by atoms with E-state index < -0.39 is 0 Å². The molecule has 1 aromatic rings. The SMILES string of the molecule is CC(=O)/C(Cl)=C\c1ncc(CO)cc1NI. The van der Waals surface area contributed by atoms with Gasteiger partial charge in [-0.3, -0.25) is 9.78 Å². The topological polar surface area (TPSA) is 62.2 Å². The molecule has 0 radical (unpaired) electrons. The average Bonchev–Trinajstić information content (AvgIpc) is 2.29. The van der Waals surface area contributed by atoms with Crippen LogP contribution in [0.2, 0.25) is 0 Å². The minimum Gasteiger partial charge on any atom is -0.392 e. The Balaban J connectivity index is 3.14. The van der Waals surface area contributed by atoms with Crippen LogP contribution in [-0.4, -0.2) is 15.9 Å². The first-order valence-electron chi connectivity index (χ1n) is 4.43. The zero-order valence-corrected chi connectivity index (χ0v) is 11.4. The van der Waals surface area contributed by atoms with Crippen LogP contribution in [0, 0.1) is 0 Å². The first kappa shape index (κ1) is 13.4. The number of carbonyl (C=O) groups excluding carboxylic acids is 1. The number of allylic oxidation sites excluding steroid dienone is 1. The Kier molecular flexibility index (Phi) is 5.17. The summed E-state index contributed by atoms with van der Waals surface area (Å²) < 4.78 is 2.90. The lowest BCUT2D eigenvalue weighted by Crippen LogP contribution is -1.95. The van der Waals surface area contributed by atoms with E-state index in [4.69, 9.17) is 16.7 Å². The lowest BCUT2D eigenvalue weighted by atomic mass is 10.2. The number of hydrogen-bond donors (Lipinski definition) is 2. The molecule has 0 aromatic carbocycles. The molecule has 0 spiro atoms. The van der Waals surface area contributed by atoms with E-state index in [-0.39, 0.29) is 17.4 Å². The van der Waals surface area contributed by atoms with Crippen LogP contribution in [0.1, 0.15) is 18.2 Å². The Bertz CT molecular complexity index is 435. The molecule has 1 aromatic heterocycles. The van der Waals surface area contributed by atoms with Gasteiger partial charge in [0.2, 0.25) is 0 Å². The maximum absolute atomic E-state index is 11.0.